The van der Waals surface area contributed by atoms with E-state index in [1.807, 2.05) is 30.3 Å². The molecule has 88 valence electrons. The maximum Gasteiger partial charge on any atom is 0.119 e. The van der Waals surface area contributed by atoms with Gasteiger partial charge in [0, 0.05) is 4.90 Å². The van der Waals surface area contributed by atoms with Gasteiger partial charge in [0.05, 0.1) is 0 Å². The molecule has 17 heavy (non-hydrogen) atoms. The van der Waals surface area contributed by atoms with Crippen LogP contribution in [0.1, 0.15) is 5.56 Å². The van der Waals surface area contributed by atoms with Crippen molar-refractivity contribution < 1.29 is 13.5 Å². The van der Waals surface area contributed by atoms with Gasteiger partial charge in [-0.2, -0.15) is 0 Å². The number of hydrogen-bond acceptors (Lipinski definition) is 3. The molecule has 0 radical (unpaired) electrons. The van der Waals surface area contributed by atoms with Crippen molar-refractivity contribution in [1.29, 1.82) is 0 Å². The maximum atomic E-state index is 10.7. The summed E-state index contributed by atoms with van der Waals surface area (Å²) in [5.74, 6) is 0.656. The van der Waals surface area contributed by atoms with E-state index in [9.17, 15) is 8.76 Å². The van der Waals surface area contributed by atoms with E-state index in [2.05, 4.69) is 0 Å². The van der Waals surface area contributed by atoms with Crippen LogP contribution < -0.4 is 4.74 Å². The Bertz CT molecular complexity index is 494. The highest BCUT2D eigenvalue weighted by molar-refractivity contribution is 7.79. The molecule has 0 aliphatic rings. The van der Waals surface area contributed by atoms with E-state index in [4.69, 9.17) is 4.74 Å². The highest BCUT2D eigenvalue weighted by Crippen LogP contribution is 2.15. The number of benzene rings is 2. The first kappa shape index (κ1) is 11.8. The Morgan fingerprint density at radius 2 is 1.65 bits per heavy atom. The molecule has 3 nitrogen and oxygen atoms in total. The first-order valence-corrected chi connectivity index (χ1v) is 6.19. The van der Waals surface area contributed by atoms with E-state index in [1.165, 1.54) is 12.1 Å². The fourth-order valence-electron chi connectivity index (χ4n) is 1.39. The number of ether oxygens (including phenoxy) is 1. The molecular weight excluding hydrogens is 236 g/mol. The van der Waals surface area contributed by atoms with Gasteiger partial charge in [-0.15, -0.1) is 0 Å². The Labute approximate surface area is 102 Å². The summed E-state index contributed by atoms with van der Waals surface area (Å²) in [6.07, 6.45) is 0. The second-order valence-corrected chi connectivity index (χ2v) is 4.42. The minimum absolute atomic E-state index is 0.261. The molecule has 4 heteroatoms. The van der Waals surface area contributed by atoms with Gasteiger partial charge in [-0.3, -0.25) is 4.21 Å². The molecule has 0 heterocycles. The summed E-state index contributed by atoms with van der Waals surface area (Å²) in [5, 5.41) is 0. The van der Waals surface area contributed by atoms with Crippen molar-refractivity contribution >= 4 is 11.1 Å². The molecule has 0 bridgehead atoms. The number of hydrogen-bond donors (Lipinski definition) is 0. The summed E-state index contributed by atoms with van der Waals surface area (Å²) >= 11 is -2.18. The van der Waals surface area contributed by atoms with Crippen molar-refractivity contribution in [2.45, 2.75) is 11.5 Å². The van der Waals surface area contributed by atoms with Crippen molar-refractivity contribution in [3.8, 4) is 5.75 Å². The molecule has 0 spiro atoms. The predicted octanol–water partition coefficient (Wildman–Crippen LogP) is 2.50. The second kappa shape index (κ2) is 5.61. The topological polar surface area (TPSA) is 49.4 Å². The summed E-state index contributed by atoms with van der Waals surface area (Å²) in [7, 11) is 0. The molecule has 1 unspecified atom stereocenters. The van der Waals surface area contributed by atoms with E-state index in [0.29, 0.717) is 12.4 Å². The van der Waals surface area contributed by atoms with Crippen LogP contribution in [0.4, 0.5) is 0 Å². The second-order valence-electron chi connectivity index (χ2n) is 3.48. The first-order chi connectivity index (χ1) is 8.25. The third-order valence-corrected chi connectivity index (χ3v) is 2.92. The van der Waals surface area contributed by atoms with Crippen LogP contribution in [0, 0.1) is 0 Å². The van der Waals surface area contributed by atoms with E-state index in [-0.39, 0.29) is 4.90 Å². The van der Waals surface area contributed by atoms with Gasteiger partial charge < -0.3 is 9.29 Å². The fraction of sp³-hybridized carbons (Fsp3) is 0.0769. The highest BCUT2D eigenvalue weighted by atomic mass is 32.2. The van der Waals surface area contributed by atoms with Crippen molar-refractivity contribution in [2.24, 2.45) is 0 Å². The zero-order valence-corrected chi connectivity index (χ0v) is 9.85. The minimum atomic E-state index is -2.18. The van der Waals surface area contributed by atoms with Crippen LogP contribution in [0.5, 0.6) is 5.75 Å². The summed E-state index contributed by atoms with van der Waals surface area (Å²) < 4.78 is 26.8. The van der Waals surface area contributed by atoms with Crippen LogP contribution in [0.3, 0.4) is 0 Å². The molecule has 0 aliphatic heterocycles. The average Bonchev–Trinajstić information content (AvgIpc) is 2.38. The summed E-state index contributed by atoms with van der Waals surface area (Å²) in [6.45, 7) is 0.473. The molecule has 0 aromatic heterocycles. The Morgan fingerprint density at radius 1 is 1.00 bits per heavy atom. The fourth-order valence-corrected chi connectivity index (χ4v) is 1.75. The lowest BCUT2D eigenvalue weighted by Gasteiger charge is -2.08. The average molecular weight is 247 g/mol. The van der Waals surface area contributed by atoms with Crippen molar-refractivity contribution in [3.05, 3.63) is 60.2 Å². The molecule has 0 amide bonds. The van der Waals surface area contributed by atoms with Gasteiger partial charge in [-0.25, -0.2) is 0 Å². The minimum Gasteiger partial charge on any atom is -0.768 e. The standard InChI is InChI=1S/C13H12O3S/c14-17(15)13-8-6-12(7-9-13)16-10-11-4-2-1-3-5-11/h1-9H,10H2,(H,14,15)/p-1. The van der Waals surface area contributed by atoms with E-state index >= 15 is 0 Å². The largest absolute Gasteiger partial charge is 0.768 e. The Morgan fingerprint density at radius 3 is 2.24 bits per heavy atom. The lowest BCUT2D eigenvalue weighted by Crippen LogP contribution is -1.95. The van der Waals surface area contributed by atoms with E-state index in [1.54, 1.807) is 12.1 Å². The normalized spacial score (nSPS) is 12.1. The van der Waals surface area contributed by atoms with Gasteiger partial charge in [0.25, 0.3) is 0 Å². The van der Waals surface area contributed by atoms with Gasteiger partial charge in [-0.05, 0) is 40.9 Å². The van der Waals surface area contributed by atoms with Gasteiger partial charge in [0.1, 0.15) is 12.4 Å². The van der Waals surface area contributed by atoms with Crippen LogP contribution >= 0.6 is 0 Å². The monoisotopic (exact) mass is 247 g/mol. The lowest BCUT2D eigenvalue weighted by molar-refractivity contribution is 0.306. The zero-order valence-electron chi connectivity index (χ0n) is 9.04. The van der Waals surface area contributed by atoms with E-state index < -0.39 is 11.1 Å². The molecule has 2 aromatic rings. The van der Waals surface area contributed by atoms with Crippen LogP contribution in [0.15, 0.2) is 59.5 Å². The zero-order chi connectivity index (χ0) is 12.1. The van der Waals surface area contributed by atoms with Crippen LogP contribution in [0.25, 0.3) is 0 Å². The van der Waals surface area contributed by atoms with Gasteiger partial charge in [-0.1, -0.05) is 30.3 Å². The van der Waals surface area contributed by atoms with Crippen molar-refractivity contribution in [3.63, 3.8) is 0 Å². The van der Waals surface area contributed by atoms with Gasteiger partial charge >= 0.3 is 0 Å². The summed E-state index contributed by atoms with van der Waals surface area (Å²) in [6, 6.07) is 16.1. The third kappa shape index (κ3) is 3.41. The smallest absolute Gasteiger partial charge is 0.119 e. The molecule has 0 aliphatic carbocycles. The third-order valence-electron chi connectivity index (χ3n) is 2.26. The molecule has 2 rings (SSSR count). The SMILES string of the molecule is O=S([O-])c1ccc(OCc2ccccc2)cc1. The van der Waals surface area contributed by atoms with Crippen molar-refractivity contribution in [1.82, 2.24) is 0 Å². The maximum absolute atomic E-state index is 10.7. The summed E-state index contributed by atoms with van der Waals surface area (Å²) in [4.78, 5) is 0.261. The molecule has 0 N–H and O–H groups in total. The Kier molecular flexibility index (Phi) is 3.90. The predicted molar refractivity (Wildman–Crippen MR) is 64.4 cm³/mol. The van der Waals surface area contributed by atoms with Crippen LogP contribution in [0.2, 0.25) is 0 Å². The Hall–Kier alpha value is -1.65. The van der Waals surface area contributed by atoms with Crippen LogP contribution in [-0.2, 0) is 17.7 Å². The highest BCUT2D eigenvalue weighted by Gasteiger charge is 1.96. The van der Waals surface area contributed by atoms with Gasteiger partial charge in [0.15, 0.2) is 0 Å². The number of rotatable bonds is 4. The van der Waals surface area contributed by atoms with Gasteiger partial charge in [0.2, 0.25) is 0 Å². The molecule has 0 saturated carbocycles. The lowest BCUT2D eigenvalue weighted by atomic mass is 10.2. The van der Waals surface area contributed by atoms with Crippen molar-refractivity contribution in [2.75, 3.05) is 0 Å². The Balaban J connectivity index is 1.98. The molecular formula is C13H11O3S-. The van der Waals surface area contributed by atoms with Crippen LogP contribution in [-0.4, -0.2) is 8.76 Å². The quantitative estimate of drug-likeness (QED) is 0.780. The molecule has 2 aromatic carbocycles. The first-order valence-electron chi connectivity index (χ1n) is 5.12. The molecule has 0 saturated heterocycles. The molecule has 0 fully saturated rings. The summed E-state index contributed by atoms with van der Waals surface area (Å²) in [5.41, 5.74) is 1.07. The van der Waals surface area contributed by atoms with E-state index in [0.717, 1.165) is 5.56 Å². The molecule has 1 atom stereocenters.